The molecule has 0 spiro atoms. The molecule has 1 aliphatic carbocycles. The van der Waals surface area contributed by atoms with Crippen molar-refractivity contribution in [3.05, 3.63) is 82.9 Å². The van der Waals surface area contributed by atoms with E-state index in [-0.39, 0.29) is 0 Å². The minimum absolute atomic E-state index is 0.456. The molecule has 2 rings (SSSR count). The van der Waals surface area contributed by atoms with E-state index < -0.39 is 0 Å². The first-order chi connectivity index (χ1) is 15.5. The molecule has 0 radical (unpaired) electrons. The summed E-state index contributed by atoms with van der Waals surface area (Å²) in [6.07, 6.45) is 21.5. The molecule has 1 saturated heterocycles. The smallest absolute Gasteiger partial charge is 0.0701 e. The predicted octanol–water partition coefficient (Wildman–Crippen LogP) is 5.82. The van der Waals surface area contributed by atoms with Gasteiger partial charge in [0, 0.05) is 38.4 Å². The quantitative estimate of drug-likeness (QED) is 0.449. The van der Waals surface area contributed by atoms with Crippen molar-refractivity contribution in [1.82, 2.24) is 15.5 Å². The molecular formula is C28H42N4. The molecule has 32 heavy (non-hydrogen) atoms. The molecule has 0 saturated carbocycles. The highest BCUT2D eigenvalue weighted by Gasteiger charge is 2.22. The fourth-order valence-corrected chi connectivity index (χ4v) is 3.77. The average Bonchev–Trinajstić information content (AvgIpc) is 2.81. The molecule has 0 aromatic heterocycles. The number of hydrogen-bond donors (Lipinski definition) is 2. The third kappa shape index (κ3) is 7.52. The zero-order valence-electron chi connectivity index (χ0n) is 20.9. The highest BCUT2D eigenvalue weighted by molar-refractivity contribution is 6.12. The van der Waals surface area contributed by atoms with Gasteiger partial charge in [0.2, 0.25) is 0 Å². The Bertz CT molecular complexity index is 862. The van der Waals surface area contributed by atoms with Crippen LogP contribution in [0.4, 0.5) is 0 Å². The average molecular weight is 435 g/mol. The summed E-state index contributed by atoms with van der Waals surface area (Å²) in [6.45, 7) is 16.8. The standard InChI is InChI=1S/C28H42N4/c1-7-11-25-14-13-24(19-27(25)30-16-8-2)21-31-26(10-4)28(15-12-22(5)9-3)32-18-17-29-20-23(32)6/h8,10-16,19,23,29,31H,7,9,17-18,20-21H2,1-6H3/b16-8-,22-12+,25-11+,26-10+,28-15+,30-27+. The zero-order chi connectivity index (χ0) is 23.3. The van der Waals surface area contributed by atoms with E-state index >= 15 is 0 Å². The first kappa shape index (κ1) is 25.7. The van der Waals surface area contributed by atoms with Gasteiger partial charge in [-0.2, -0.15) is 0 Å². The van der Waals surface area contributed by atoms with Gasteiger partial charge in [0.25, 0.3) is 0 Å². The van der Waals surface area contributed by atoms with Gasteiger partial charge in [0.05, 0.1) is 17.1 Å². The van der Waals surface area contributed by atoms with E-state index in [0.29, 0.717) is 6.04 Å². The highest BCUT2D eigenvalue weighted by Crippen LogP contribution is 2.21. The molecule has 1 atom stereocenters. The summed E-state index contributed by atoms with van der Waals surface area (Å²) < 4.78 is 0. The van der Waals surface area contributed by atoms with Crippen LogP contribution in [0, 0.1) is 0 Å². The fourth-order valence-electron chi connectivity index (χ4n) is 3.77. The highest BCUT2D eigenvalue weighted by atomic mass is 15.2. The van der Waals surface area contributed by atoms with Crippen molar-refractivity contribution in [2.75, 3.05) is 26.2 Å². The minimum atomic E-state index is 0.456. The second-order valence-electron chi connectivity index (χ2n) is 8.34. The molecular weight excluding hydrogens is 392 g/mol. The van der Waals surface area contributed by atoms with E-state index in [2.05, 4.69) is 97.7 Å². The lowest BCUT2D eigenvalue weighted by Crippen LogP contribution is -2.50. The van der Waals surface area contributed by atoms with Crippen LogP contribution < -0.4 is 10.6 Å². The monoisotopic (exact) mass is 434 g/mol. The van der Waals surface area contributed by atoms with E-state index in [1.807, 2.05) is 19.2 Å². The maximum Gasteiger partial charge on any atom is 0.0701 e. The number of rotatable bonds is 9. The van der Waals surface area contributed by atoms with Crippen LogP contribution in [0.25, 0.3) is 0 Å². The summed E-state index contributed by atoms with van der Waals surface area (Å²) >= 11 is 0. The molecule has 2 N–H and O–H groups in total. The van der Waals surface area contributed by atoms with Crippen LogP contribution in [0.15, 0.2) is 87.9 Å². The van der Waals surface area contributed by atoms with Crippen molar-refractivity contribution in [2.45, 2.75) is 60.4 Å². The second kappa shape index (κ2) is 13.7. The normalized spacial score (nSPS) is 23.4. The maximum atomic E-state index is 4.64. The van der Waals surface area contributed by atoms with Crippen molar-refractivity contribution in [3.63, 3.8) is 0 Å². The molecule has 0 aromatic carbocycles. The largest absolute Gasteiger partial charge is 0.380 e. The van der Waals surface area contributed by atoms with Gasteiger partial charge in [-0.3, -0.25) is 4.99 Å². The van der Waals surface area contributed by atoms with E-state index in [9.17, 15) is 0 Å². The third-order valence-corrected chi connectivity index (χ3v) is 5.82. The Morgan fingerprint density at radius 3 is 2.72 bits per heavy atom. The summed E-state index contributed by atoms with van der Waals surface area (Å²) in [4.78, 5) is 7.16. The van der Waals surface area contributed by atoms with Gasteiger partial charge in [0.15, 0.2) is 0 Å². The lowest BCUT2D eigenvalue weighted by molar-refractivity contribution is 0.225. The Hall–Kier alpha value is -2.59. The molecule has 174 valence electrons. The van der Waals surface area contributed by atoms with Crippen molar-refractivity contribution >= 4 is 5.71 Å². The summed E-state index contributed by atoms with van der Waals surface area (Å²) in [5.41, 5.74) is 7.28. The maximum absolute atomic E-state index is 4.64. The molecule has 1 heterocycles. The molecule has 1 fully saturated rings. The van der Waals surface area contributed by atoms with E-state index in [1.165, 1.54) is 28.1 Å². The van der Waals surface area contributed by atoms with E-state index in [1.54, 1.807) is 0 Å². The van der Waals surface area contributed by atoms with Crippen LogP contribution in [0.5, 0.6) is 0 Å². The van der Waals surface area contributed by atoms with Crippen molar-refractivity contribution < 1.29 is 0 Å². The molecule has 0 amide bonds. The van der Waals surface area contributed by atoms with Gasteiger partial charge >= 0.3 is 0 Å². The van der Waals surface area contributed by atoms with Crippen LogP contribution >= 0.6 is 0 Å². The topological polar surface area (TPSA) is 39.7 Å². The Balaban J connectivity index is 2.25. The number of nitrogens with zero attached hydrogens (tertiary/aromatic N) is 2. The molecule has 4 nitrogen and oxygen atoms in total. The minimum Gasteiger partial charge on any atom is -0.380 e. The second-order valence-corrected chi connectivity index (χ2v) is 8.34. The predicted molar refractivity (Wildman–Crippen MR) is 141 cm³/mol. The molecule has 1 unspecified atom stereocenters. The van der Waals surface area contributed by atoms with Gasteiger partial charge in [-0.15, -0.1) is 0 Å². The van der Waals surface area contributed by atoms with Gasteiger partial charge < -0.3 is 15.5 Å². The summed E-state index contributed by atoms with van der Waals surface area (Å²) in [6, 6.07) is 0.456. The number of nitrogens with one attached hydrogen (secondary N) is 2. The molecule has 4 heteroatoms. The zero-order valence-corrected chi connectivity index (χ0v) is 20.9. The number of hydrogen-bond acceptors (Lipinski definition) is 4. The third-order valence-electron chi connectivity index (χ3n) is 5.82. The Labute approximate surface area is 196 Å². The molecule has 2 aliphatic rings. The van der Waals surface area contributed by atoms with Crippen LogP contribution in [-0.2, 0) is 0 Å². The van der Waals surface area contributed by atoms with Gasteiger partial charge in [-0.25, -0.2) is 0 Å². The number of allylic oxidation sites excluding steroid dienone is 9. The summed E-state index contributed by atoms with van der Waals surface area (Å²) in [5, 5.41) is 7.22. The van der Waals surface area contributed by atoms with E-state index in [0.717, 1.165) is 44.7 Å². The van der Waals surface area contributed by atoms with Crippen LogP contribution in [0.2, 0.25) is 0 Å². The van der Waals surface area contributed by atoms with Crippen LogP contribution in [0.3, 0.4) is 0 Å². The van der Waals surface area contributed by atoms with E-state index in [4.69, 9.17) is 0 Å². The Morgan fingerprint density at radius 1 is 1.25 bits per heavy atom. The van der Waals surface area contributed by atoms with Crippen molar-refractivity contribution in [3.8, 4) is 0 Å². The van der Waals surface area contributed by atoms with Gasteiger partial charge in [-0.1, -0.05) is 55.9 Å². The Morgan fingerprint density at radius 2 is 2.06 bits per heavy atom. The van der Waals surface area contributed by atoms with Crippen LogP contribution in [-0.4, -0.2) is 42.8 Å². The number of aliphatic imine (C=N–C) groups is 1. The first-order valence-corrected chi connectivity index (χ1v) is 12.1. The van der Waals surface area contributed by atoms with Crippen LogP contribution in [0.1, 0.15) is 54.4 Å². The lowest BCUT2D eigenvalue weighted by Gasteiger charge is -2.38. The first-order valence-electron chi connectivity index (χ1n) is 12.1. The summed E-state index contributed by atoms with van der Waals surface area (Å²) in [7, 11) is 0. The molecule has 0 bridgehead atoms. The summed E-state index contributed by atoms with van der Waals surface area (Å²) in [5.74, 6) is 0. The van der Waals surface area contributed by atoms with Gasteiger partial charge in [-0.05, 0) is 63.8 Å². The fraction of sp³-hybridized carbons (Fsp3) is 0.464. The lowest BCUT2D eigenvalue weighted by atomic mass is 9.99. The SMILES string of the molecule is C\C=C/N=C1\C=C(CNC(=C/C)/C(=C\C=C(/C)CC)N2CCNCC2C)C=C\C1=C/CC. The van der Waals surface area contributed by atoms with Gasteiger partial charge in [0.1, 0.15) is 0 Å². The Kier molecular flexibility index (Phi) is 11.0. The van der Waals surface area contributed by atoms with Crippen molar-refractivity contribution in [2.24, 2.45) is 4.99 Å². The molecule has 0 aromatic rings. The number of piperazine rings is 1. The van der Waals surface area contributed by atoms with Crippen molar-refractivity contribution in [1.29, 1.82) is 0 Å². The molecule has 1 aliphatic heterocycles.